The fraction of sp³-hybridized carbons (Fsp3) is 0.389. The van der Waals surface area contributed by atoms with Crippen molar-refractivity contribution < 1.29 is 9.90 Å². The SMILES string of the molecule is CCC(O)c1cc2n(n1)CCN(C(=O)c1ccc3nc(C)cn3c1)C2. The van der Waals surface area contributed by atoms with E-state index in [0.29, 0.717) is 37.3 Å². The number of aliphatic hydroxyl groups is 1. The fourth-order valence-corrected chi connectivity index (χ4v) is 3.26. The molecule has 0 radical (unpaired) electrons. The molecule has 3 aromatic heterocycles. The second kappa shape index (κ2) is 6.00. The number of pyridine rings is 1. The van der Waals surface area contributed by atoms with E-state index in [9.17, 15) is 9.90 Å². The van der Waals surface area contributed by atoms with Crippen LogP contribution >= 0.6 is 0 Å². The summed E-state index contributed by atoms with van der Waals surface area (Å²) in [5.74, 6) is -0.00158. The smallest absolute Gasteiger partial charge is 0.255 e. The highest BCUT2D eigenvalue weighted by atomic mass is 16.3. The van der Waals surface area contributed by atoms with Gasteiger partial charge in [0.25, 0.3) is 5.91 Å². The Morgan fingerprint density at radius 1 is 1.32 bits per heavy atom. The van der Waals surface area contributed by atoms with Gasteiger partial charge in [-0.15, -0.1) is 0 Å². The third-order valence-electron chi connectivity index (χ3n) is 4.65. The number of fused-ring (bicyclic) bond motifs is 2. The highest BCUT2D eigenvalue weighted by molar-refractivity contribution is 5.94. The number of imidazole rings is 1. The maximum absolute atomic E-state index is 12.9. The molecule has 0 aliphatic carbocycles. The van der Waals surface area contributed by atoms with Crippen molar-refractivity contribution in [2.75, 3.05) is 6.54 Å². The lowest BCUT2D eigenvalue weighted by Gasteiger charge is -2.27. The van der Waals surface area contributed by atoms with E-state index in [-0.39, 0.29) is 5.91 Å². The molecule has 7 heteroatoms. The molecule has 1 amide bonds. The van der Waals surface area contributed by atoms with Crippen LogP contribution in [0.15, 0.2) is 30.6 Å². The molecule has 0 spiro atoms. The Bertz CT molecular complexity index is 942. The van der Waals surface area contributed by atoms with E-state index >= 15 is 0 Å². The van der Waals surface area contributed by atoms with Crippen LogP contribution in [0.4, 0.5) is 0 Å². The van der Waals surface area contributed by atoms with Crippen molar-refractivity contribution in [3.05, 3.63) is 53.2 Å². The van der Waals surface area contributed by atoms with Crippen molar-refractivity contribution in [1.82, 2.24) is 24.1 Å². The minimum Gasteiger partial charge on any atom is -0.387 e. The van der Waals surface area contributed by atoms with Crippen molar-refractivity contribution in [3.8, 4) is 0 Å². The van der Waals surface area contributed by atoms with Gasteiger partial charge in [-0.25, -0.2) is 4.98 Å². The maximum Gasteiger partial charge on any atom is 0.255 e. The average Bonchev–Trinajstić information content (AvgIpc) is 3.21. The van der Waals surface area contributed by atoms with Crippen LogP contribution in [0.1, 0.15) is 46.9 Å². The van der Waals surface area contributed by atoms with Gasteiger partial charge in [-0.1, -0.05) is 6.92 Å². The Balaban J connectivity index is 1.57. The van der Waals surface area contributed by atoms with E-state index in [0.717, 1.165) is 17.0 Å². The quantitative estimate of drug-likeness (QED) is 0.791. The summed E-state index contributed by atoms with van der Waals surface area (Å²) in [7, 11) is 0. The number of carbonyl (C=O) groups is 1. The van der Waals surface area contributed by atoms with Crippen molar-refractivity contribution >= 4 is 11.6 Å². The summed E-state index contributed by atoms with van der Waals surface area (Å²) in [6, 6.07) is 5.59. The zero-order valence-corrected chi connectivity index (χ0v) is 14.4. The Labute approximate surface area is 145 Å². The van der Waals surface area contributed by atoms with Gasteiger partial charge in [-0.2, -0.15) is 5.10 Å². The molecule has 1 aliphatic heterocycles. The lowest BCUT2D eigenvalue weighted by molar-refractivity contribution is 0.0705. The number of aryl methyl sites for hydroxylation is 1. The predicted molar refractivity (Wildman–Crippen MR) is 92.1 cm³/mol. The first-order chi connectivity index (χ1) is 12.0. The van der Waals surface area contributed by atoms with Crippen LogP contribution < -0.4 is 0 Å². The van der Waals surface area contributed by atoms with E-state index < -0.39 is 6.10 Å². The number of hydrogen-bond acceptors (Lipinski definition) is 4. The second-order valence-corrected chi connectivity index (χ2v) is 6.50. The first-order valence-electron chi connectivity index (χ1n) is 8.54. The number of amides is 1. The van der Waals surface area contributed by atoms with Gasteiger partial charge >= 0.3 is 0 Å². The van der Waals surface area contributed by atoms with Crippen LogP contribution in [-0.2, 0) is 13.1 Å². The van der Waals surface area contributed by atoms with E-state index in [1.807, 2.05) is 58.4 Å². The van der Waals surface area contributed by atoms with Crippen molar-refractivity contribution in [1.29, 1.82) is 0 Å². The van der Waals surface area contributed by atoms with Crippen LogP contribution in [0, 0.1) is 6.92 Å². The van der Waals surface area contributed by atoms with E-state index in [1.165, 1.54) is 0 Å². The summed E-state index contributed by atoms with van der Waals surface area (Å²) in [6.07, 6.45) is 3.82. The first kappa shape index (κ1) is 15.8. The Kier molecular flexibility index (Phi) is 3.80. The molecular formula is C18H21N5O2. The van der Waals surface area contributed by atoms with Crippen LogP contribution in [0.3, 0.4) is 0 Å². The van der Waals surface area contributed by atoms with Crippen LogP contribution in [-0.4, -0.2) is 41.6 Å². The van der Waals surface area contributed by atoms with Gasteiger partial charge in [-0.3, -0.25) is 9.48 Å². The lowest BCUT2D eigenvalue weighted by Crippen LogP contribution is -2.38. The van der Waals surface area contributed by atoms with Crippen molar-refractivity contribution in [3.63, 3.8) is 0 Å². The molecule has 0 aromatic carbocycles. The number of rotatable bonds is 3. The standard InChI is InChI=1S/C18H21N5O2/c1-3-16(24)15-8-14-11-21(6-7-23(14)20-15)18(25)13-4-5-17-19-12(2)9-22(17)10-13/h4-5,8-10,16,24H,3,6-7,11H2,1-2H3. The van der Waals surface area contributed by atoms with Crippen LogP contribution in [0.25, 0.3) is 5.65 Å². The average molecular weight is 339 g/mol. The van der Waals surface area contributed by atoms with Gasteiger partial charge < -0.3 is 14.4 Å². The zero-order valence-electron chi connectivity index (χ0n) is 14.4. The van der Waals surface area contributed by atoms with Crippen molar-refractivity contribution in [2.45, 2.75) is 39.5 Å². The van der Waals surface area contributed by atoms with Gasteiger partial charge in [0.1, 0.15) is 5.65 Å². The molecule has 7 nitrogen and oxygen atoms in total. The van der Waals surface area contributed by atoms with Crippen molar-refractivity contribution in [2.24, 2.45) is 0 Å². The summed E-state index contributed by atoms with van der Waals surface area (Å²) in [4.78, 5) is 19.1. The molecule has 1 atom stereocenters. The maximum atomic E-state index is 12.9. The molecule has 0 bridgehead atoms. The molecule has 4 heterocycles. The topological polar surface area (TPSA) is 75.7 Å². The number of aliphatic hydroxyl groups excluding tert-OH is 1. The summed E-state index contributed by atoms with van der Waals surface area (Å²) >= 11 is 0. The lowest BCUT2D eigenvalue weighted by atomic mass is 10.2. The summed E-state index contributed by atoms with van der Waals surface area (Å²) in [5.41, 5.74) is 4.05. The first-order valence-corrected chi connectivity index (χ1v) is 8.54. The molecule has 1 unspecified atom stereocenters. The van der Waals surface area contributed by atoms with E-state index in [1.54, 1.807) is 0 Å². The minimum atomic E-state index is -0.547. The molecule has 0 saturated carbocycles. The minimum absolute atomic E-state index is 0.00158. The number of hydrogen-bond donors (Lipinski definition) is 1. The molecule has 25 heavy (non-hydrogen) atoms. The summed E-state index contributed by atoms with van der Waals surface area (Å²) < 4.78 is 3.77. The second-order valence-electron chi connectivity index (χ2n) is 6.50. The van der Waals surface area contributed by atoms with E-state index in [2.05, 4.69) is 10.1 Å². The molecular weight excluding hydrogens is 318 g/mol. The summed E-state index contributed by atoms with van der Waals surface area (Å²) in [6.45, 7) is 5.61. The van der Waals surface area contributed by atoms with Gasteiger partial charge in [0.15, 0.2) is 0 Å². The van der Waals surface area contributed by atoms with Gasteiger partial charge in [0.2, 0.25) is 0 Å². The largest absolute Gasteiger partial charge is 0.387 e. The highest BCUT2D eigenvalue weighted by Gasteiger charge is 2.24. The Hall–Kier alpha value is -2.67. The van der Waals surface area contributed by atoms with Gasteiger partial charge in [0, 0.05) is 18.9 Å². The molecule has 130 valence electrons. The number of aromatic nitrogens is 4. The predicted octanol–water partition coefficient (Wildman–Crippen LogP) is 1.94. The molecule has 1 N–H and O–H groups in total. The van der Waals surface area contributed by atoms with Crippen LogP contribution in [0.5, 0.6) is 0 Å². The molecule has 0 saturated heterocycles. The van der Waals surface area contributed by atoms with Crippen LogP contribution in [0.2, 0.25) is 0 Å². The third kappa shape index (κ3) is 2.80. The molecule has 1 aliphatic rings. The molecule has 4 rings (SSSR count). The third-order valence-corrected chi connectivity index (χ3v) is 4.65. The Morgan fingerprint density at radius 3 is 2.96 bits per heavy atom. The summed E-state index contributed by atoms with van der Waals surface area (Å²) in [5, 5.41) is 14.4. The molecule has 3 aromatic rings. The van der Waals surface area contributed by atoms with Gasteiger partial charge in [-0.05, 0) is 31.5 Å². The molecule has 0 fully saturated rings. The monoisotopic (exact) mass is 339 g/mol. The van der Waals surface area contributed by atoms with E-state index in [4.69, 9.17) is 0 Å². The normalized spacial score (nSPS) is 15.4. The zero-order chi connectivity index (χ0) is 17.6. The highest BCUT2D eigenvalue weighted by Crippen LogP contribution is 2.21. The van der Waals surface area contributed by atoms with Gasteiger partial charge in [0.05, 0.1) is 41.8 Å². The number of nitrogens with zero attached hydrogens (tertiary/aromatic N) is 5. The Morgan fingerprint density at radius 2 is 2.16 bits per heavy atom. The number of carbonyl (C=O) groups excluding carboxylic acids is 1. The fourth-order valence-electron chi connectivity index (χ4n) is 3.26.